The number of halogens is 1. The van der Waals surface area contributed by atoms with E-state index in [0.717, 1.165) is 21.7 Å². The van der Waals surface area contributed by atoms with Gasteiger partial charge in [0.1, 0.15) is 0 Å². The first-order chi connectivity index (χ1) is 7.81. The summed E-state index contributed by atoms with van der Waals surface area (Å²) in [6, 6.07) is 17.8. The Hall–Kier alpha value is -1.75. The van der Waals surface area contributed by atoms with Gasteiger partial charge >= 0.3 is 0 Å². The van der Waals surface area contributed by atoms with E-state index in [4.69, 9.17) is 11.6 Å². The Balaban J connectivity index is 2.46. The van der Waals surface area contributed by atoms with Gasteiger partial charge in [-0.3, -0.25) is 0 Å². The van der Waals surface area contributed by atoms with Gasteiger partial charge in [-0.05, 0) is 23.3 Å². The minimum Gasteiger partial charge on any atom is -0.119 e. The van der Waals surface area contributed by atoms with Crippen LogP contribution >= 0.6 is 11.6 Å². The van der Waals surface area contributed by atoms with Crippen LogP contribution in [0.1, 0.15) is 11.1 Å². The SMILES string of the molecule is C=C=C(c1ccccc1)c1ccc(Cl)cc1. The summed E-state index contributed by atoms with van der Waals surface area (Å²) >= 11 is 5.86. The largest absolute Gasteiger partial charge is 0.119 e. The van der Waals surface area contributed by atoms with Crippen molar-refractivity contribution in [2.45, 2.75) is 0 Å². The highest BCUT2D eigenvalue weighted by molar-refractivity contribution is 6.30. The van der Waals surface area contributed by atoms with Gasteiger partial charge in [0.15, 0.2) is 0 Å². The smallest absolute Gasteiger partial charge is 0.0406 e. The Morgan fingerprint density at radius 3 is 2.00 bits per heavy atom. The van der Waals surface area contributed by atoms with Crippen LogP contribution in [0.2, 0.25) is 5.02 Å². The third-order valence-corrected chi connectivity index (χ3v) is 2.62. The lowest BCUT2D eigenvalue weighted by Gasteiger charge is -2.05. The number of rotatable bonds is 2. The van der Waals surface area contributed by atoms with Crippen LogP contribution in [0.15, 0.2) is 66.9 Å². The Morgan fingerprint density at radius 2 is 1.44 bits per heavy atom. The molecule has 0 saturated heterocycles. The molecule has 0 spiro atoms. The number of hydrogen-bond donors (Lipinski definition) is 0. The Labute approximate surface area is 101 Å². The molecule has 0 heterocycles. The summed E-state index contributed by atoms with van der Waals surface area (Å²) in [4.78, 5) is 0. The third-order valence-electron chi connectivity index (χ3n) is 2.37. The molecule has 0 bridgehead atoms. The zero-order valence-corrected chi connectivity index (χ0v) is 9.54. The summed E-state index contributed by atoms with van der Waals surface area (Å²) < 4.78 is 0. The summed E-state index contributed by atoms with van der Waals surface area (Å²) in [5.74, 6) is 0. The molecule has 0 aliphatic carbocycles. The van der Waals surface area contributed by atoms with Crippen molar-refractivity contribution >= 4 is 17.2 Å². The van der Waals surface area contributed by atoms with E-state index in [1.54, 1.807) is 0 Å². The van der Waals surface area contributed by atoms with Gasteiger partial charge in [-0.15, -0.1) is 5.73 Å². The third kappa shape index (κ3) is 2.25. The van der Waals surface area contributed by atoms with Crippen LogP contribution in [-0.2, 0) is 0 Å². The maximum Gasteiger partial charge on any atom is 0.0406 e. The van der Waals surface area contributed by atoms with Crippen LogP contribution in [0, 0.1) is 0 Å². The predicted molar refractivity (Wildman–Crippen MR) is 69.5 cm³/mol. The zero-order chi connectivity index (χ0) is 11.4. The molecule has 0 saturated carbocycles. The molecule has 1 heteroatoms. The van der Waals surface area contributed by atoms with Gasteiger partial charge in [-0.2, -0.15) is 0 Å². The van der Waals surface area contributed by atoms with Crippen LogP contribution in [0.3, 0.4) is 0 Å². The highest BCUT2D eigenvalue weighted by Gasteiger charge is 2.02. The molecule has 0 atom stereocenters. The highest BCUT2D eigenvalue weighted by Crippen LogP contribution is 2.23. The second-order valence-electron chi connectivity index (χ2n) is 3.42. The van der Waals surface area contributed by atoms with Gasteiger partial charge in [0.05, 0.1) is 0 Å². The molecule has 2 aromatic carbocycles. The van der Waals surface area contributed by atoms with Crippen molar-refractivity contribution in [2.75, 3.05) is 0 Å². The van der Waals surface area contributed by atoms with Crippen molar-refractivity contribution in [3.8, 4) is 0 Å². The molecule has 0 aliphatic rings. The van der Waals surface area contributed by atoms with Crippen molar-refractivity contribution in [1.82, 2.24) is 0 Å². The molecule has 0 fully saturated rings. The Morgan fingerprint density at radius 1 is 0.875 bits per heavy atom. The van der Waals surface area contributed by atoms with Crippen molar-refractivity contribution in [3.05, 3.63) is 83.1 Å². The van der Waals surface area contributed by atoms with Gasteiger partial charge in [0.25, 0.3) is 0 Å². The quantitative estimate of drug-likeness (QED) is 0.659. The monoisotopic (exact) mass is 226 g/mol. The summed E-state index contributed by atoms with van der Waals surface area (Å²) in [6.07, 6.45) is 0. The van der Waals surface area contributed by atoms with Gasteiger partial charge in [0, 0.05) is 10.6 Å². The average molecular weight is 227 g/mol. The van der Waals surface area contributed by atoms with Crippen molar-refractivity contribution in [1.29, 1.82) is 0 Å². The summed E-state index contributed by atoms with van der Waals surface area (Å²) in [7, 11) is 0. The van der Waals surface area contributed by atoms with Crippen molar-refractivity contribution in [3.63, 3.8) is 0 Å². The molecule has 0 nitrogen and oxygen atoms in total. The fourth-order valence-electron chi connectivity index (χ4n) is 1.59. The lowest BCUT2D eigenvalue weighted by molar-refractivity contribution is 1.55. The van der Waals surface area contributed by atoms with Crippen LogP contribution in [-0.4, -0.2) is 0 Å². The Bertz CT molecular complexity index is 517. The average Bonchev–Trinajstić information content (AvgIpc) is 2.34. The second-order valence-corrected chi connectivity index (χ2v) is 3.86. The summed E-state index contributed by atoms with van der Waals surface area (Å²) in [5, 5.41) is 0.736. The van der Waals surface area contributed by atoms with Crippen molar-refractivity contribution in [2.24, 2.45) is 0 Å². The first kappa shape index (κ1) is 10.8. The van der Waals surface area contributed by atoms with E-state index < -0.39 is 0 Å². The first-order valence-electron chi connectivity index (χ1n) is 5.02. The lowest BCUT2D eigenvalue weighted by Crippen LogP contribution is -1.85. The molecule has 2 rings (SSSR count). The second kappa shape index (κ2) is 4.85. The number of hydrogen-bond acceptors (Lipinski definition) is 0. The first-order valence-corrected chi connectivity index (χ1v) is 5.40. The molecule has 0 amide bonds. The highest BCUT2D eigenvalue weighted by atomic mass is 35.5. The predicted octanol–water partition coefficient (Wildman–Crippen LogP) is 4.56. The van der Waals surface area contributed by atoms with Gasteiger partial charge < -0.3 is 0 Å². The number of benzene rings is 2. The molecular weight excluding hydrogens is 216 g/mol. The van der Waals surface area contributed by atoms with E-state index in [1.165, 1.54) is 0 Å². The molecule has 78 valence electrons. The van der Waals surface area contributed by atoms with Gasteiger partial charge in [0.2, 0.25) is 0 Å². The topological polar surface area (TPSA) is 0 Å². The van der Waals surface area contributed by atoms with E-state index >= 15 is 0 Å². The summed E-state index contributed by atoms with van der Waals surface area (Å²) in [6.45, 7) is 3.74. The summed E-state index contributed by atoms with van der Waals surface area (Å²) in [5.41, 5.74) is 6.16. The molecule has 0 aliphatic heterocycles. The van der Waals surface area contributed by atoms with Crippen molar-refractivity contribution < 1.29 is 0 Å². The molecule has 0 N–H and O–H groups in total. The van der Waals surface area contributed by atoms with Crippen LogP contribution < -0.4 is 0 Å². The maximum atomic E-state index is 5.86. The van der Waals surface area contributed by atoms with Crippen LogP contribution in [0.4, 0.5) is 0 Å². The van der Waals surface area contributed by atoms with E-state index in [2.05, 4.69) is 12.3 Å². The Kier molecular flexibility index (Phi) is 3.26. The van der Waals surface area contributed by atoms with Crippen LogP contribution in [0.25, 0.3) is 5.57 Å². The van der Waals surface area contributed by atoms with Crippen LogP contribution in [0.5, 0.6) is 0 Å². The van der Waals surface area contributed by atoms with E-state index in [-0.39, 0.29) is 0 Å². The fraction of sp³-hybridized carbons (Fsp3) is 0. The normalized spacial score (nSPS) is 9.56. The van der Waals surface area contributed by atoms with E-state index in [1.807, 2.05) is 54.6 Å². The molecule has 0 radical (unpaired) electrons. The van der Waals surface area contributed by atoms with Gasteiger partial charge in [-0.25, -0.2) is 0 Å². The lowest BCUT2D eigenvalue weighted by atomic mass is 9.99. The minimum atomic E-state index is 0.736. The maximum absolute atomic E-state index is 5.86. The standard InChI is InChI=1S/C15H11Cl/c1-2-15(12-6-4-3-5-7-12)13-8-10-14(16)11-9-13/h3-11H,1H2. The molecule has 0 aromatic heterocycles. The van der Waals surface area contributed by atoms with E-state index in [0.29, 0.717) is 0 Å². The zero-order valence-electron chi connectivity index (χ0n) is 8.78. The van der Waals surface area contributed by atoms with E-state index in [9.17, 15) is 0 Å². The fourth-order valence-corrected chi connectivity index (χ4v) is 1.72. The molecule has 16 heavy (non-hydrogen) atoms. The molecular formula is C15H11Cl. The molecule has 0 unspecified atom stereocenters. The molecule has 2 aromatic rings. The van der Waals surface area contributed by atoms with Gasteiger partial charge in [-0.1, -0.05) is 60.6 Å². The minimum absolute atomic E-state index is 0.736.